The molecule has 1 aromatic carbocycles. The number of hydrogen-bond acceptors (Lipinski definition) is 2. The SMILES string of the molecule is CC1(C)CNC2(CCCC2)CN1Cc1cc(Cl)ccc1Cl. The van der Waals surface area contributed by atoms with E-state index in [0.717, 1.165) is 35.2 Å². The van der Waals surface area contributed by atoms with Crippen LogP contribution in [0.5, 0.6) is 0 Å². The summed E-state index contributed by atoms with van der Waals surface area (Å²) in [6.45, 7) is 7.62. The zero-order valence-electron chi connectivity index (χ0n) is 12.9. The molecular formula is C17H24Cl2N2. The van der Waals surface area contributed by atoms with E-state index in [1.165, 1.54) is 25.7 Å². The molecule has 0 bridgehead atoms. The topological polar surface area (TPSA) is 15.3 Å². The van der Waals surface area contributed by atoms with Gasteiger partial charge in [-0.2, -0.15) is 0 Å². The zero-order valence-corrected chi connectivity index (χ0v) is 14.4. The highest BCUT2D eigenvalue weighted by Crippen LogP contribution is 2.37. The van der Waals surface area contributed by atoms with Gasteiger partial charge in [0, 0.05) is 40.8 Å². The van der Waals surface area contributed by atoms with Gasteiger partial charge >= 0.3 is 0 Å². The van der Waals surface area contributed by atoms with Crippen LogP contribution in [-0.4, -0.2) is 29.1 Å². The minimum Gasteiger partial charge on any atom is -0.308 e. The first kappa shape index (κ1) is 15.6. The molecule has 1 saturated heterocycles. The van der Waals surface area contributed by atoms with Crippen LogP contribution in [0.4, 0.5) is 0 Å². The van der Waals surface area contributed by atoms with Gasteiger partial charge in [-0.05, 0) is 50.5 Å². The van der Waals surface area contributed by atoms with Crippen molar-refractivity contribution in [3.8, 4) is 0 Å². The molecule has 2 fully saturated rings. The lowest BCUT2D eigenvalue weighted by Gasteiger charge is -2.51. The summed E-state index contributed by atoms with van der Waals surface area (Å²) in [5.41, 5.74) is 1.59. The average Bonchev–Trinajstić information content (AvgIpc) is 2.88. The Morgan fingerprint density at radius 3 is 2.62 bits per heavy atom. The molecular weight excluding hydrogens is 303 g/mol. The molecule has 0 amide bonds. The predicted molar refractivity (Wildman–Crippen MR) is 90.2 cm³/mol. The van der Waals surface area contributed by atoms with E-state index < -0.39 is 0 Å². The van der Waals surface area contributed by atoms with Crippen LogP contribution in [-0.2, 0) is 6.54 Å². The molecule has 2 nitrogen and oxygen atoms in total. The maximum Gasteiger partial charge on any atom is 0.0452 e. The summed E-state index contributed by atoms with van der Waals surface area (Å²) in [5, 5.41) is 5.40. The summed E-state index contributed by atoms with van der Waals surface area (Å²) in [7, 11) is 0. The van der Waals surface area contributed by atoms with E-state index in [2.05, 4.69) is 24.1 Å². The van der Waals surface area contributed by atoms with Crippen molar-refractivity contribution in [3.63, 3.8) is 0 Å². The van der Waals surface area contributed by atoms with Crippen LogP contribution >= 0.6 is 23.2 Å². The smallest absolute Gasteiger partial charge is 0.0452 e. The van der Waals surface area contributed by atoms with Gasteiger partial charge in [-0.25, -0.2) is 0 Å². The summed E-state index contributed by atoms with van der Waals surface area (Å²) < 4.78 is 0. The maximum absolute atomic E-state index is 6.36. The Balaban J connectivity index is 1.82. The molecule has 0 unspecified atom stereocenters. The van der Waals surface area contributed by atoms with E-state index in [4.69, 9.17) is 23.2 Å². The van der Waals surface area contributed by atoms with Crippen molar-refractivity contribution in [2.24, 2.45) is 0 Å². The van der Waals surface area contributed by atoms with Crippen LogP contribution in [0.3, 0.4) is 0 Å². The molecule has 1 heterocycles. The van der Waals surface area contributed by atoms with E-state index in [1.54, 1.807) is 0 Å². The highest BCUT2D eigenvalue weighted by Gasteiger charge is 2.44. The lowest BCUT2D eigenvalue weighted by Crippen LogP contribution is -2.66. The Bertz CT molecular complexity index is 522. The minimum absolute atomic E-state index is 0.138. The molecule has 0 radical (unpaired) electrons. The Morgan fingerprint density at radius 2 is 1.90 bits per heavy atom. The first-order chi connectivity index (χ1) is 9.90. The molecule has 3 rings (SSSR count). The number of hydrogen-bond donors (Lipinski definition) is 1. The largest absolute Gasteiger partial charge is 0.308 e. The van der Waals surface area contributed by atoms with Crippen LogP contribution in [0.1, 0.15) is 45.1 Å². The van der Waals surface area contributed by atoms with Crippen LogP contribution in [0, 0.1) is 0 Å². The van der Waals surface area contributed by atoms with Crippen LogP contribution in [0.15, 0.2) is 18.2 Å². The van der Waals surface area contributed by atoms with Gasteiger partial charge in [0.15, 0.2) is 0 Å². The lowest BCUT2D eigenvalue weighted by molar-refractivity contribution is 0.0217. The number of nitrogens with one attached hydrogen (secondary N) is 1. The number of piperazine rings is 1. The summed E-state index contributed by atoms with van der Waals surface area (Å²) >= 11 is 12.5. The molecule has 2 aliphatic rings. The quantitative estimate of drug-likeness (QED) is 0.861. The molecule has 0 atom stereocenters. The van der Waals surface area contributed by atoms with Crippen LogP contribution in [0.2, 0.25) is 10.0 Å². The molecule has 1 saturated carbocycles. The molecule has 1 aromatic rings. The van der Waals surface area contributed by atoms with E-state index in [-0.39, 0.29) is 5.54 Å². The predicted octanol–water partition coefficient (Wildman–Crippen LogP) is 4.49. The van der Waals surface area contributed by atoms with Gasteiger partial charge in [0.25, 0.3) is 0 Å². The third kappa shape index (κ3) is 3.24. The molecule has 21 heavy (non-hydrogen) atoms. The Morgan fingerprint density at radius 1 is 1.19 bits per heavy atom. The number of rotatable bonds is 2. The Kier molecular flexibility index (Phi) is 4.26. The van der Waals surface area contributed by atoms with Gasteiger partial charge in [-0.1, -0.05) is 36.0 Å². The van der Waals surface area contributed by atoms with Crippen molar-refractivity contribution in [1.82, 2.24) is 10.2 Å². The second-order valence-corrected chi connectivity index (χ2v) is 8.09. The summed E-state index contributed by atoms with van der Waals surface area (Å²) in [6.07, 6.45) is 5.28. The molecule has 1 N–H and O–H groups in total. The molecule has 0 aromatic heterocycles. The van der Waals surface area contributed by atoms with Gasteiger partial charge in [-0.15, -0.1) is 0 Å². The summed E-state index contributed by atoms with van der Waals surface area (Å²) in [5.74, 6) is 0. The van der Waals surface area contributed by atoms with Gasteiger partial charge in [0.1, 0.15) is 0 Å². The minimum atomic E-state index is 0.138. The van der Waals surface area contributed by atoms with Gasteiger partial charge in [-0.3, -0.25) is 4.90 Å². The van der Waals surface area contributed by atoms with Crippen LogP contribution < -0.4 is 5.32 Å². The fraction of sp³-hybridized carbons (Fsp3) is 0.647. The normalized spacial score (nSPS) is 24.6. The Labute approximate surface area is 137 Å². The fourth-order valence-corrected chi connectivity index (χ4v) is 4.05. The molecule has 4 heteroatoms. The number of nitrogens with zero attached hydrogens (tertiary/aromatic N) is 1. The zero-order chi connectivity index (χ0) is 15.1. The monoisotopic (exact) mass is 326 g/mol. The second kappa shape index (κ2) is 5.73. The lowest BCUT2D eigenvalue weighted by atomic mass is 9.87. The second-order valence-electron chi connectivity index (χ2n) is 7.25. The van der Waals surface area contributed by atoms with E-state index in [1.807, 2.05) is 18.2 Å². The van der Waals surface area contributed by atoms with Crippen LogP contribution in [0.25, 0.3) is 0 Å². The maximum atomic E-state index is 6.36. The highest BCUT2D eigenvalue weighted by atomic mass is 35.5. The summed E-state index contributed by atoms with van der Waals surface area (Å²) in [4.78, 5) is 2.58. The van der Waals surface area contributed by atoms with Crippen molar-refractivity contribution in [1.29, 1.82) is 0 Å². The van der Waals surface area contributed by atoms with E-state index in [0.29, 0.717) is 5.54 Å². The summed E-state index contributed by atoms with van der Waals surface area (Å²) in [6, 6.07) is 5.76. The third-order valence-electron chi connectivity index (χ3n) is 5.18. The van der Waals surface area contributed by atoms with Crippen molar-refractivity contribution in [2.75, 3.05) is 13.1 Å². The molecule has 1 spiro atoms. The van der Waals surface area contributed by atoms with Gasteiger partial charge in [0.05, 0.1) is 0 Å². The van der Waals surface area contributed by atoms with Gasteiger partial charge in [0.2, 0.25) is 0 Å². The van der Waals surface area contributed by atoms with Gasteiger partial charge < -0.3 is 5.32 Å². The first-order valence-corrected chi connectivity index (χ1v) is 8.60. The van der Waals surface area contributed by atoms with Crippen molar-refractivity contribution in [3.05, 3.63) is 33.8 Å². The van der Waals surface area contributed by atoms with E-state index >= 15 is 0 Å². The highest BCUT2D eigenvalue weighted by molar-refractivity contribution is 6.33. The average molecular weight is 327 g/mol. The fourth-order valence-electron chi connectivity index (χ4n) is 3.68. The molecule has 116 valence electrons. The van der Waals surface area contributed by atoms with Crippen molar-refractivity contribution < 1.29 is 0 Å². The molecule has 1 aliphatic carbocycles. The van der Waals surface area contributed by atoms with Crippen molar-refractivity contribution in [2.45, 2.75) is 57.2 Å². The third-order valence-corrected chi connectivity index (χ3v) is 5.78. The van der Waals surface area contributed by atoms with Crippen molar-refractivity contribution >= 4 is 23.2 Å². The standard InChI is InChI=1S/C17H24Cl2N2/c1-16(2)11-20-17(7-3-4-8-17)12-21(16)10-13-9-14(18)5-6-15(13)19/h5-6,9,20H,3-4,7-8,10-12H2,1-2H3. The number of halogens is 2. The Hall–Kier alpha value is -0.280. The number of benzene rings is 1. The molecule has 1 aliphatic heterocycles. The van der Waals surface area contributed by atoms with E-state index in [9.17, 15) is 0 Å². The first-order valence-electron chi connectivity index (χ1n) is 7.84.